The molecule has 1 saturated heterocycles. The fraction of sp³-hybridized carbons (Fsp3) is 0.333. The van der Waals surface area contributed by atoms with Crippen molar-refractivity contribution in [2.45, 2.75) is 39.2 Å². The standard InChI is InChI=1S/C21H23N3O/c1-3-15-9-11-17(12-10-15)24-14-16(13-20(24)25)21-22-18-7-5-6-8-19(18)23(21)4-2/h5-12,16H,3-4,13-14H2,1-2H3/t16-/m1/s1. The lowest BCUT2D eigenvalue weighted by Crippen LogP contribution is -2.24. The smallest absolute Gasteiger partial charge is 0.227 e. The van der Waals surface area contributed by atoms with Crippen molar-refractivity contribution in [3.05, 3.63) is 59.9 Å². The molecule has 0 bridgehead atoms. The molecule has 0 aliphatic carbocycles. The average Bonchev–Trinajstić information content (AvgIpc) is 3.22. The zero-order valence-electron chi connectivity index (χ0n) is 14.8. The number of hydrogen-bond acceptors (Lipinski definition) is 2. The zero-order chi connectivity index (χ0) is 17.4. The number of aryl methyl sites for hydroxylation is 2. The first-order chi connectivity index (χ1) is 12.2. The highest BCUT2D eigenvalue weighted by Gasteiger charge is 2.34. The van der Waals surface area contributed by atoms with Crippen LogP contribution in [0.2, 0.25) is 0 Å². The first-order valence-electron chi connectivity index (χ1n) is 9.05. The van der Waals surface area contributed by atoms with E-state index in [2.05, 4.69) is 48.7 Å². The Morgan fingerprint density at radius 3 is 2.56 bits per heavy atom. The van der Waals surface area contributed by atoms with E-state index in [1.807, 2.05) is 23.1 Å². The van der Waals surface area contributed by atoms with Crippen molar-refractivity contribution in [1.82, 2.24) is 9.55 Å². The molecule has 0 spiro atoms. The van der Waals surface area contributed by atoms with Crippen molar-refractivity contribution < 1.29 is 4.79 Å². The lowest BCUT2D eigenvalue weighted by Gasteiger charge is -2.17. The Morgan fingerprint density at radius 1 is 1.08 bits per heavy atom. The topological polar surface area (TPSA) is 38.1 Å². The molecule has 0 unspecified atom stereocenters. The summed E-state index contributed by atoms with van der Waals surface area (Å²) in [5.41, 5.74) is 4.44. The summed E-state index contributed by atoms with van der Waals surface area (Å²) in [5.74, 6) is 1.36. The van der Waals surface area contributed by atoms with Gasteiger partial charge < -0.3 is 9.47 Å². The molecule has 0 saturated carbocycles. The second-order valence-electron chi connectivity index (χ2n) is 6.63. The summed E-state index contributed by atoms with van der Waals surface area (Å²) in [4.78, 5) is 19.4. The van der Waals surface area contributed by atoms with Gasteiger partial charge in [0, 0.05) is 31.1 Å². The van der Waals surface area contributed by atoms with Crippen LogP contribution in [0.5, 0.6) is 0 Å². The van der Waals surface area contributed by atoms with Crippen molar-refractivity contribution in [3.8, 4) is 0 Å². The summed E-state index contributed by atoms with van der Waals surface area (Å²) in [6.45, 7) is 5.84. The highest BCUT2D eigenvalue weighted by Crippen LogP contribution is 2.33. The molecule has 2 aromatic carbocycles. The van der Waals surface area contributed by atoms with Crippen LogP contribution in [0, 0.1) is 0 Å². The van der Waals surface area contributed by atoms with Crippen LogP contribution in [0.1, 0.15) is 37.6 Å². The highest BCUT2D eigenvalue weighted by atomic mass is 16.2. The van der Waals surface area contributed by atoms with Crippen LogP contribution in [0.25, 0.3) is 11.0 Å². The van der Waals surface area contributed by atoms with Gasteiger partial charge in [0.15, 0.2) is 0 Å². The first kappa shape index (κ1) is 15.9. The number of hydrogen-bond donors (Lipinski definition) is 0. The monoisotopic (exact) mass is 333 g/mol. The molecule has 25 heavy (non-hydrogen) atoms. The summed E-state index contributed by atoms with van der Waals surface area (Å²) in [5, 5.41) is 0. The van der Waals surface area contributed by atoms with Gasteiger partial charge in [-0.1, -0.05) is 31.2 Å². The van der Waals surface area contributed by atoms with Crippen molar-refractivity contribution in [2.24, 2.45) is 0 Å². The molecule has 1 fully saturated rings. The summed E-state index contributed by atoms with van der Waals surface area (Å²) in [6, 6.07) is 16.5. The molecule has 1 amide bonds. The van der Waals surface area contributed by atoms with Gasteiger partial charge in [0.05, 0.1) is 11.0 Å². The highest BCUT2D eigenvalue weighted by molar-refractivity contribution is 5.96. The van der Waals surface area contributed by atoms with Gasteiger partial charge in [-0.05, 0) is 43.2 Å². The van der Waals surface area contributed by atoms with E-state index < -0.39 is 0 Å². The minimum absolute atomic E-state index is 0.144. The number of fused-ring (bicyclic) bond motifs is 1. The summed E-state index contributed by atoms with van der Waals surface area (Å²) in [7, 11) is 0. The second-order valence-corrected chi connectivity index (χ2v) is 6.63. The molecule has 1 aliphatic heterocycles. The number of benzene rings is 2. The Bertz CT molecular complexity index is 911. The zero-order valence-corrected chi connectivity index (χ0v) is 14.8. The van der Waals surface area contributed by atoms with Crippen LogP contribution in [-0.2, 0) is 17.8 Å². The number of aromatic nitrogens is 2. The maximum Gasteiger partial charge on any atom is 0.227 e. The number of imidazole rings is 1. The number of carbonyl (C=O) groups is 1. The van der Waals surface area contributed by atoms with E-state index in [-0.39, 0.29) is 11.8 Å². The molecule has 4 rings (SSSR count). The maximum atomic E-state index is 12.6. The van der Waals surface area contributed by atoms with Crippen molar-refractivity contribution in [3.63, 3.8) is 0 Å². The predicted octanol–water partition coefficient (Wildman–Crippen LogP) is 4.14. The Morgan fingerprint density at radius 2 is 1.84 bits per heavy atom. The molecule has 3 aromatic rings. The number of anilines is 1. The van der Waals surface area contributed by atoms with Gasteiger partial charge in [0.2, 0.25) is 5.91 Å². The molecule has 2 heterocycles. The van der Waals surface area contributed by atoms with E-state index in [0.717, 1.165) is 35.5 Å². The fourth-order valence-corrected chi connectivity index (χ4v) is 3.78. The lowest BCUT2D eigenvalue weighted by atomic mass is 10.1. The van der Waals surface area contributed by atoms with E-state index >= 15 is 0 Å². The summed E-state index contributed by atoms with van der Waals surface area (Å²) >= 11 is 0. The van der Waals surface area contributed by atoms with Gasteiger partial charge in [0.1, 0.15) is 5.82 Å². The van der Waals surface area contributed by atoms with E-state index in [4.69, 9.17) is 4.98 Å². The molecule has 4 heteroatoms. The van der Waals surface area contributed by atoms with Gasteiger partial charge in [-0.3, -0.25) is 4.79 Å². The normalized spacial score (nSPS) is 17.6. The average molecular weight is 333 g/mol. The van der Waals surface area contributed by atoms with E-state index in [1.165, 1.54) is 5.56 Å². The Labute approximate surface area is 148 Å². The molecular formula is C21H23N3O. The van der Waals surface area contributed by atoms with Gasteiger partial charge >= 0.3 is 0 Å². The largest absolute Gasteiger partial charge is 0.328 e. The van der Waals surface area contributed by atoms with Gasteiger partial charge in [-0.15, -0.1) is 0 Å². The minimum atomic E-state index is 0.144. The molecule has 4 nitrogen and oxygen atoms in total. The van der Waals surface area contributed by atoms with Crippen LogP contribution in [0.3, 0.4) is 0 Å². The summed E-state index contributed by atoms with van der Waals surface area (Å²) < 4.78 is 2.25. The predicted molar refractivity (Wildman–Crippen MR) is 101 cm³/mol. The van der Waals surface area contributed by atoms with Gasteiger partial charge in [-0.2, -0.15) is 0 Å². The lowest BCUT2D eigenvalue weighted by molar-refractivity contribution is -0.117. The van der Waals surface area contributed by atoms with Crippen LogP contribution in [-0.4, -0.2) is 22.0 Å². The number of carbonyl (C=O) groups excluding carboxylic acids is 1. The number of nitrogens with zero attached hydrogens (tertiary/aromatic N) is 3. The Balaban J connectivity index is 1.66. The maximum absolute atomic E-state index is 12.6. The quantitative estimate of drug-likeness (QED) is 0.720. The van der Waals surface area contributed by atoms with Gasteiger partial charge in [0.25, 0.3) is 0 Å². The molecule has 1 aliphatic rings. The van der Waals surface area contributed by atoms with Gasteiger partial charge in [-0.25, -0.2) is 4.98 Å². The third-order valence-electron chi connectivity index (χ3n) is 5.15. The third-order valence-corrected chi connectivity index (χ3v) is 5.15. The Kier molecular flexibility index (Phi) is 4.04. The van der Waals surface area contributed by atoms with E-state index in [1.54, 1.807) is 0 Å². The summed E-state index contributed by atoms with van der Waals surface area (Å²) in [6.07, 6.45) is 1.54. The fourth-order valence-electron chi connectivity index (χ4n) is 3.78. The first-order valence-corrected chi connectivity index (χ1v) is 9.05. The molecular weight excluding hydrogens is 310 g/mol. The van der Waals surface area contributed by atoms with Crippen molar-refractivity contribution in [1.29, 1.82) is 0 Å². The SMILES string of the molecule is CCc1ccc(N2C[C@H](c3nc4ccccc4n3CC)CC2=O)cc1. The molecule has 0 radical (unpaired) electrons. The second kappa shape index (κ2) is 6.36. The number of amides is 1. The van der Waals surface area contributed by atoms with Crippen LogP contribution < -0.4 is 4.90 Å². The molecule has 1 atom stereocenters. The van der Waals surface area contributed by atoms with E-state index in [0.29, 0.717) is 13.0 Å². The number of rotatable bonds is 4. The van der Waals surface area contributed by atoms with Crippen molar-refractivity contribution >= 4 is 22.6 Å². The Hall–Kier alpha value is -2.62. The molecule has 128 valence electrons. The van der Waals surface area contributed by atoms with E-state index in [9.17, 15) is 4.79 Å². The molecule has 0 N–H and O–H groups in total. The van der Waals surface area contributed by atoms with Crippen LogP contribution >= 0.6 is 0 Å². The van der Waals surface area contributed by atoms with Crippen LogP contribution in [0.4, 0.5) is 5.69 Å². The number of para-hydroxylation sites is 2. The molecule has 1 aromatic heterocycles. The minimum Gasteiger partial charge on any atom is -0.328 e. The third kappa shape index (κ3) is 2.72. The van der Waals surface area contributed by atoms with Crippen molar-refractivity contribution in [2.75, 3.05) is 11.4 Å². The van der Waals surface area contributed by atoms with Crippen LogP contribution in [0.15, 0.2) is 48.5 Å².